The van der Waals surface area contributed by atoms with Crippen molar-refractivity contribution in [2.45, 2.75) is 45.0 Å². The monoisotopic (exact) mass is 472 g/mol. The third kappa shape index (κ3) is 4.77. The summed E-state index contributed by atoms with van der Waals surface area (Å²) in [6.45, 7) is 1.52. The molecule has 3 N–H and O–H groups in total. The van der Waals surface area contributed by atoms with Crippen molar-refractivity contribution in [3.63, 3.8) is 0 Å². The number of hydrogen-bond acceptors (Lipinski definition) is 4. The Morgan fingerprint density at radius 1 is 1.12 bits per heavy atom. The highest BCUT2D eigenvalue weighted by Gasteiger charge is 2.51. The van der Waals surface area contributed by atoms with E-state index in [1.54, 1.807) is 20.8 Å². The molecule has 6 nitrogen and oxygen atoms in total. The van der Waals surface area contributed by atoms with Crippen LogP contribution in [0.5, 0.6) is 5.75 Å². The minimum absolute atomic E-state index is 0.0178. The number of anilines is 1. The molecule has 33 heavy (non-hydrogen) atoms. The van der Waals surface area contributed by atoms with Crippen LogP contribution in [0.25, 0.3) is 0 Å². The fourth-order valence-electron chi connectivity index (χ4n) is 3.88. The summed E-state index contributed by atoms with van der Waals surface area (Å²) in [6.07, 6.45) is -1.35. The van der Waals surface area contributed by atoms with Crippen LogP contribution in [0.3, 0.4) is 0 Å². The molecular weight excluding hydrogens is 451 g/mol. The number of nitrogens with one attached hydrogen (secondary N) is 1. The van der Waals surface area contributed by atoms with E-state index in [0.717, 1.165) is 24.3 Å². The third-order valence-corrected chi connectivity index (χ3v) is 5.80. The molecule has 0 aliphatic carbocycles. The quantitative estimate of drug-likeness (QED) is 0.612. The summed E-state index contributed by atoms with van der Waals surface area (Å²) in [5.74, 6) is -8.30. The molecule has 0 aromatic heterocycles. The van der Waals surface area contributed by atoms with E-state index in [9.17, 15) is 31.5 Å². The number of alkyl halides is 2. The number of benzene rings is 2. The summed E-state index contributed by atoms with van der Waals surface area (Å²) in [4.78, 5) is 24.5. The van der Waals surface area contributed by atoms with Crippen LogP contribution in [-0.4, -0.2) is 30.1 Å². The van der Waals surface area contributed by atoms with Gasteiger partial charge in [-0.2, -0.15) is 13.2 Å². The molecule has 3 rings (SSSR count). The summed E-state index contributed by atoms with van der Waals surface area (Å²) in [6, 6.07) is 4.94. The van der Waals surface area contributed by atoms with Gasteiger partial charge in [0.25, 0.3) is 11.8 Å². The van der Waals surface area contributed by atoms with Crippen molar-refractivity contribution in [3.05, 3.63) is 58.9 Å². The van der Waals surface area contributed by atoms with E-state index in [-0.39, 0.29) is 11.3 Å². The second kappa shape index (κ2) is 8.97. The number of nitrogens with two attached hydrogens (primary N) is 1. The number of ether oxygens (including phenoxy) is 2. The van der Waals surface area contributed by atoms with E-state index >= 15 is 0 Å². The van der Waals surface area contributed by atoms with Crippen molar-refractivity contribution in [2.24, 2.45) is 11.7 Å². The van der Waals surface area contributed by atoms with Gasteiger partial charge in [0.05, 0.1) is 11.2 Å². The predicted molar refractivity (Wildman–Crippen MR) is 107 cm³/mol. The number of hydrogen-bond donors (Lipinski definition) is 2. The number of rotatable bonds is 6. The van der Waals surface area contributed by atoms with Gasteiger partial charge < -0.3 is 20.5 Å². The highest BCUT2D eigenvalue weighted by atomic mass is 19.3. The molecule has 0 unspecified atom stereocenters. The van der Waals surface area contributed by atoms with Crippen LogP contribution in [0, 0.1) is 23.4 Å². The number of primary amides is 1. The highest BCUT2D eigenvalue weighted by molar-refractivity contribution is 5.98. The highest BCUT2D eigenvalue weighted by Crippen LogP contribution is 2.49. The first-order chi connectivity index (χ1) is 15.3. The zero-order chi connectivity index (χ0) is 24.7. The second-order valence-electron chi connectivity index (χ2n) is 8.16. The largest absolute Gasteiger partial charge is 0.431 e. The number of amides is 2. The SMILES string of the molecule is C[C@H]1[C@@H](c2ccc(F)c(F)c2OC(F)F)[C@H](C(=O)Nc2ccc(F)c(C(N)=O)c2)OC1(C)C. The maximum absolute atomic E-state index is 14.4. The fraction of sp³-hybridized carbons (Fsp3) is 0.364. The van der Waals surface area contributed by atoms with Gasteiger partial charge in [-0.25, -0.2) is 8.78 Å². The van der Waals surface area contributed by atoms with E-state index < -0.39 is 70.7 Å². The maximum atomic E-state index is 14.4. The topological polar surface area (TPSA) is 90.6 Å². The molecule has 3 atom stereocenters. The van der Waals surface area contributed by atoms with Crippen molar-refractivity contribution in [2.75, 3.05) is 5.32 Å². The Balaban J connectivity index is 2.02. The van der Waals surface area contributed by atoms with E-state index in [4.69, 9.17) is 10.5 Å². The lowest BCUT2D eigenvalue weighted by molar-refractivity contribution is -0.131. The standard InChI is InChI=1S/C22H21F5N2O4/c1-9-15(11-5-7-14(24)16(25)17(11)32-21(26)27)18(33-22(9,2)3)20(31)29-10-4-6-13(23)12(8-10)19(28)30/h4-9,15,18,21H,1-3H3,(H2,28,30)(H,29,31)/t9-,15-,18+/m0/s1. The Kier molecular flexibility index (Phi) is 6.64. The van der Waals surface area contributed by atoms with Gasteiger partial charge in [-0.1, -0.05) is 13.0 Å². The molecule has 1 saturated heterocycles. The molecular formula is C22H21F5N2O4. The van der Waals surface area contributed by atoms with Crippen LogP contribution in [0.4, 0.5) is 27.6 Å². The van der Waals surface area contributed by atoms with E-state index in [2.05, 4.69) is 10.1 Å². The molecule has 0 saturated carbocycles. The predicted octanol–water partition coefficient (Wildman–Crippen LogP) is 4.34. The van der Waals surface area contributed by atoms with Crippen LogP contribution in [0.1, 0.15) is 42.6 Å². The number of halogens is 5. The van der Waals surface area contributed by atoms with Crippen LogP contribution in [0.2, 0.25) is 0 Å². The Hall–Kier alpha value is -3.21. The molecule has 0 radical (unpaired) electrons. The van der Waals surface area contributed by atoms with Gasteiger partial charge >= 0.3 is 6.61 Å². The Labute approximate surface area is 185 Å². The molecule has 1 fully saturated rings. The summed E-state index contributed by atoms with van der Waals surface area (Å²) < 4.78 is 77.8. The van der Waals surface area contributed by atoms with Gasteiger partial charge in [0.2, 0.25) is 5.82 Å². The molecule has 2 amide bonds. The second-order valence-corrected chi connectivity index (χ2v) is 8.16. The summed E-state index contributed by atoms with van der Waals surface area (Å²) in [7, 11) is 0. The molecule has 0 spiro atoms. The summed E-state index contributed by atoms with van der Waals surface area (Å²) in [5.41, 5.74) is 3.52. The maximum Gasteiger partial charge on any atom is 0.387 e. The Bertz CT molecular complexity index is 1090. The van der Waals surface area contributed by atoms with E-state index in [1.165, 1.54) is 6.07 Å². The Morgan fingerprint density at radius 2 is 1.76 bits per heavy atom. The average molecular weight is 472 g/mol. The van der Waals surface area contributed by atoms with Crippen molar-refractivity contribution in [1.82, 2.24) is 0 Å². The minimum Gasteiger partial charge on any atom is -0.431 e. The summed E-state index contributed by atoms with van der Waals surface area (Å²) >= 11 is 0. The first-order valence-corrected chi connectivity index (χ1v) is 9.84. The summed E-state index contributed by atoms with van der Waals surface area (Å²) in [5, 5.41) is 2.46. The molecule has 1 aliphatic heterocycles. The Morgan fingerprint density at radius 3 is 2.36 bits per heavy atom. The molecule has 11 heteroatoms. The van der Waals surface area contributed by atoms with E-state index in [1.807, 2.05) is 0 Å². The van der Waals surface area contributed by atoms with Gasteiger partial charge in [-0.05, 0) is 44.0 Å². The van der Waals surface area contributed by atoms with Crippen molar-refractivity contribution >= 4 is 17.5 Å². The van der Waals surface area contributed by atoms with Gasteiger partial charge in [-0.15, -0.1) is 0 Å². The first kappa shape index (κ1) is 24.4. The molecule has 2 aromatic rings. The zero-order valence-electron chi connectivity index (χ0n) is 17.8. The lowest BCUT2D eigenvalue weighted by Crippen LogP contribution is -2.33. The molecule has 1 heterocycles. The number of carbonyl (C=O) groups excluding carboxylic acids is 2. The van der Waals surface area contributed by atoms with Crippen LogP contribution in [-0.2, 0) is 9.53 Å². The van der Waals surface area contributed by atoms with E-state index in [0.29, 0.717) is 0 Å². The lowest BCUT2D eigenvalue weighted by Gasteiger charge is -2.26. The van der Waals surface area contributed by atoms with Gasteiger partial charge in [0.15, 0.2) is 11.6 Å². The molecule has 2 aromatic carbocycles. The normalized spacial score (nSPS) is 21.8. The average Bonchev–Trinajstić information content (AvgIpc) is 2.96. The van der Waals surface area contributed by atoms with Gasteiger partial charge in [0.1, 0.15) is 11.9 Å². The van der Waals surface area contributed by atoms with Crippen LogP contribution in [0.15, 0.2) is 30.3 Å². The van der Waals surface area contributed by atoms with Crippen molar-refractivity contribution in [1.29, 1.82) is 0 Å². The molecule has 178 valence electrons. The van der Waals surface area contributed by atoms with Crippen molar-refractivity contribution < 1.29 is 41.0 Å². The first-order valence-electron chi connectivity index (χ1n) is 9.84. The minimum atomic E-state index is -3.44. The lowest BCUT2D eigenvalue weighted by atomic mass is 9.78. The van der Waals surface area contributed by atoms with Gasteiger partial charge in [-0.3, -0.25) is 9.59 Å². The molecule has 0 bridgehead atoms. The smallest absolute Gasteiger partial charge is 0.387 e. The van der Waals surface area contributed by atoms with Crippen LogP contribution >= 0.6 is 0 Å². The van der Waals surface area contributed by atoms with Gasteiger partial charge in [0, 0.05) is 17.2 Å². The zero-order valence-corrected chi connectivity index (χ0v) is 17.8. The third-order valence-electron chi connectivity index (χ3n) is 5.80. The fourth-order valence-corrected chi connectivity index (χ4v) is 3.88. The van der Waals surface area contributed by atoms with Crippen molar-refractivity contribution in [3.8, 4) is 5.75 Å². The van der Waals surface area contributed by atoms with Crippen LogP contribution < -0.4 is 15.8 Å². The molecule has 1 aliphatic rings. The number of carbonyl (C=O) groups is 2.